The van der Waals surface area contributed by atoms with E-state index in [0.717, 1.165) is 6.29 Å². The highest BCUT2D eigenvalue weighted by atomic mass is 31.0. The van der Waals surface area contributed by atoms with Crippen molar-refractivity contribution < 1.29 is 4.79 Å². The number of rotatable bonds is 1. The molecule has 0 aromatic rings. The van der Waals surface area contributed by atoms with E-state index in [1.54, 1.807) is 0 Å². The minimum absolute atomic E-state index is 0.222. The number of carbonyl (C=O) groups is 1. The number of hydrogen-bond donors (Lipinski definition) is 0. The second-order valence-corrected chi connectivity index (χ2v) is 3.43. The highest BCUT2D eigenvalue weighted by molar-refractivity contribution is 7.20. The fraction of sp³-hybridized carbons (Fsp3) is 0.750. The molecule has 1 atom stereocenters. The van der Waals surface area contributed by atoms with Crippen LogP contribution in [0.25, 0.3) is 0 Å². The monoisotopic (exact) mass is 104 g/mol. The van der Waals surface area contributed by atoms with Crippen molar-refractivity contribution >= 4 is 15.5 Å². The van der Waals surface area contributed by atoms with Gasteiger partial charge >= 0.3 is 0 Å². The standard InChI is InChI=1S/C4H9OP/c1-4(2,6)3-5/h3H,6H2,1-2H3. The first-order valence-electron chi connectivity index (χ1n) is 1.81. The molecule has 0 heterocycles. The molecule has 0 amide bonds. The van der Waals surface area contributed by atoms with Crippen molar-refractivity contribution in [3.63, 3.8) is 0 Å². The average molecular weight is 104 g/mol. The van der Waals surface area contributed by atoms with Gasteiger partial charge in [-0.05, 0) is 13.8 Å². The summed E-state index contributed by atoms with van der Waals surface area (Å²) in [5.41, 5.74) is 0. The van der Waals surface area contributed by atoms with Gasteiger partial charge in [-0.1, -0.05) is 0 Å². The predicted molar refractivity (Wildman–Crippen MR) is 29.9 cm³/mol. The molecule has 0 aliphatic carbocycles. The summed E-state index contributed by atoms with van der Waals surface area (Å²) in [6, 6.07) is 0. The van der Waals surface area contributed by atoms with Gasteiger partial charge in [0.25, 0.3) is 0 Å². The van der Waals surface area contributed by atoms with Crippen LogP contribution in [0.2, 0.25) is 0 Å². The quantitative estimate of drug-likeness (QED) is 0.356. The lowest BCUT2D eigenvalue weighted by Gasteiger charge is -2.03. The van der Waals surface area contributed by atoms with Gasteiger partial charge in [-0.25, -0.2) is 0 Å². The molecule has 6 heavy (non-hydrogen) atoms. The Bertz CT molecular complexity index is 53.1. The lowest BCUT2D eigenvalue weighted by atomic mass is 10.2. The van der Waals surface area contributed by atoms with Gasteiger partial charge in [-0.3, -0.25) is 0 Å². The first-order valence-corrected chi connectivity index (χ1v) is 2.39. The zero-order chi connectivity index (χ0) is 5.21. The van der Waals surface area contributed by atoms with E-state index in [0.29, 0.717) is 0 Å². The van der Waals surface area contributed by atoms with Crippen LogP contribution in [0.15, 0.2) is 0 Å². The first kappa shape index (κ1) is 6.10. The topological polar surface area (TPSA) is 17.1 Å². The summed E-state index contributed by atoms with van der Waals surface area (Å²) in [5, 5.41) is -0.222. The van der Waals surface area contributed by atoms with E-state index in [9.17, 15) is 4.79 Å². The smallest absolute Gasteiger partial charge is 0.129 e. The third-order valence-electron chi connectivity index (χ3n) is 0.304. The summed E-state index contributed by atoms with van der Waals surface area (Å²) in [6.45, 7) is 3.68. The lowest BCUT2D eigenvalue weighted by molar-refractivity contribution is -0.109. The van der Waals surface area contributed by atoms with Gasteiger partial charge in [0, 0.05) is 5.16 Å². The summed E-state index contributed by atoms with van der Waals surface area (Å²) in [7, 11) is 2.42. The highest BCUT2D eigenvalue weighted by Gasteiger charge is 2.04. The summed E-state index contributed by atoms with van der Waals surface area (Å²) in [6.07, 6.45) is 0.900. The van der Waals surface area contributed by atoms with E-state index in [2.05, 4.69) is 9.24 Å². The van der Waals surface area contributed by atoms with Crippen LogP contribution in [0.5, 0.6) is 0 Å². The number of aldehydes is 1. The van der Waals surface area contributed by atoms with Crippen LogP contribution in [-0.2, 0) is 4.79 Å². The van der Waals surface area contributed by atoms with E-state index in [4.69, 9.17) is 0 Å². The zero-order valence-corrected chi connectivity index (χ0v) is 5.22. The Morgan fingerprint density at radius 2 is 1.83 bits per heavy atom. The minimum atomic E-state index is -0.222. The van der Waals surface area contributed by atoms with Gasteiger partial charge in [0.1, 0.15) is 6.29 Å². The van der Waals surface area contributed by atoms with Crippen molar-refractivity contribution in [1.29, 1.82) is 0 Å². The second-order valence-electron chi connectivity index (χ2n) is 1.94. The Balaban J connectivity index is 3.45. The molecule has 0 radical (unpaired) electrons. The number of carbonyl (C=O) groups excluding carboxylic acids is 1. The van der Waals surface area contributed by atoms with Gasteiger partial charge in [-0.2, -0.15) is 0 Å². The van der Waals surface area contributed by atoms with E-state index in [1.807, 2.05) is 13.8 Å². The average Bonchev–Trinajstić information content (AvgIpc) is 1.35. The van der Waals surface area contributed by atoms with Crippen molar-refractivity contribution in [2.45, 2.75) is 19.0 Å². The van der Waals surface area contributed by atoms with Crippen molar-refractivity contribution in [2.24, 2.45) is 0 Å². The molecule has 0 rings (SSSR count). The molecule has 0 aliphatic heterocycles. The van der Waals surface area contributed by atoms with Gasteiger partial charge in [-0.15, -0.1) is 9.24 Å². The molecular formula is C4H9OP. The third-order valence-corrected chi connectivity index (χ3v) is 0.440. The fourth-order valence-corrected chi connectivity index (χ4v) is 0. The highest BCUT2D eigenvalue weighted by Crippen LogP contribution is 2.10. The summed E-state index contributed by atoms with van der Waals surface area (Å²) < 4.78 is 0. The predicted octanol–water partition coefficient (Wildman–Crippen LogP) is 0.839. The van der Waals surface area contributed by atoms with E-state index < -0.39 is 0 Å². The third kappa shape index (κ3) is 4.10. The minimum Gasteiger partial charge on any atom is -0.302 e. The van der Waals surface area contributed by atoms with Gasteiger partial charge in [0.05, 0.1) is 0 Å². The van der Waals surface area contributed by atoms with Gasteiger partial charge in [0.15, 0.2) is 0 Å². The Hall–Kier alpha value is 0.100. The second kappa shape index (κ2) is 1.70. The molecule has 1 unspecified atom stereocenters. The molecule has 2 heteroatoms. The fourth-order valence-electron chi connectivity index (χ4n) is 0. The molecule has 0 spiro atoms. The van der Waals surface area contributed by atoms with Crippen molar-refractivity contribution in [3.8, 4) is 0 Å². The van der Waals surface area contributed by atoms with E-state index in [-0.39, 0.29) is 5.16 Å². The molecular weight excluding hydrogens is 95.0 g/mol. The van der Waals surface area contributed by atoms with Crippen molar-refractivity contribution in [2.75, 3.05) is 0 Å². The van der Waals surface area contributed by atoms with Crippen LogP contribution in [0.1, 0.15) is 13.8 Å². The lowest BCUT2D eigenvalue weighted by Crippen LogP contribution is -2.09. The van der Waals surface area contributed by atoms with E-state index >= 15 is 0 Å². The van der Waals surface area contributed by atoms with Crippen LogP contribution in [0, 0.1) is 0 Å². The van der Waals surface area contributed by atoms with Crippen LogP contribution >= 0.6 is 9.24 Å². The Morgan fingerprint density at radius 1 is 1.67 bits per heavy atom. The number of hydrogen-bond acceptors (Lipinski definition) is 1. The zero-order valence-electron chi connectivity index (χ0n) is 4.06. The molecule has 0 saturated carbocycles. The first-order chi connectivity index (χ1) is 2.56. The summed E-state index contributed by atoms with van der Waals surface area (Å²) >= 11 is 0. The van der Waals surface area contributed by atoms with E-state index in [1.165, 1.54) is 0 Å². The van der Waals surface area contributed by atoms with Gasteiger partial charge in [0.2, 0.25) is 0 Å². The van der Waals surface area contributed by atoms with Crippen LogP contribution < -0.4 is 0 Å². The van der Waals surface area contributed by atoms with Crippen molar-refractivity contribution in [3.05, 3.63) is 0 Å². The SMILES string of the molecule is CC(C)(P)C=O. The molecule has 0 bridgehead atoms. The van der Waals surface area contributed by atoms with Gasteiger partial charge < -0.3 is 4.79 Å². The molecule has 0 N–H and O–H groups in total. The maximum absolute atomic E-state index is 9.81. The molecule has 36 valence electrons. The molecule has 0 aliphatic rings. The van der Waals surface area contributed by atoms with Crippen molar-refractivity contribution in [1.82, 2.24) is 0 Å². The molecule has 0 aromatic heterocycles. The molecule has 0 saturated heterocycles. The van der Waals surface area contributed by atoms with Crippen LogP contribution in [0.4, 0.5) is 0 Å². The molecule has 0 fully saturated rings. The Kier molecular flexibility index (Phi) is 1.73. The molecule has 0 aromatic carbocycles. The summed E-state index contributed by atoms with van der Waals surface area (Å²) in [4.78, 5) is 9.81. The summed E-state index contributed by atoms with van der Waals surface area (Å²) in [5.74, 6) is 0. The Morgan fingerprint density at radius 3 is 1.83 bits per heavy atom. The largest absolute Gasteiger partial charge is 0.302 e. The normalized spacial score (nSPS) is 11.2. The Labute approximate surface area is 40.3 Å². The maximum Gasteiger partial charge on any atom is 0.129 e. The van der Waals surface area contributed by atoms with Crippen LogP contribution in [0.3, 0.4) is 0 Å². The maximum atomic E-state index is 9.81. The van der Waals surface area contributed by atoms with Crippen LogP contribution in [-0.4, -0.2) is 11.4 Å². The molecule has 1 nitrogen and oxygen atoms in total.